The van der Waals surface area contributed by atoms with Gasteiger partial charge in [0.05, 0.1) is 0 Å². The van der Waals surface area contributed by atoms with E-state index in [-0.39, 0.29) is 21.1 Å². The minimum absolute atomic E-state index is 0. The number of allylic oxidation sites excluding steroid dienone is 6. The third kappa shape index (κ3) is 4.27. The van der Waals surface area contributed by atoms with Gasteiger partial charge in [0, 0.05) is 44.9 Å². The molecule has 0 saturated heterocycles. The van der Waals surface area contributed by atoms with Crippen LogP contribution in [0.2, 0.25) is 24.2 Å². The molecule has 5 heteroatoms. The van der Waals surface area contributed by atoms with Gasteiger partial charge in [-0.3, -0.25) is 0 Å². The van der Waals surface area contributed by atoms with E-state index >= 15 is 0 Å². The zero-order chi connectivity index (χ0) is 23.2. The summed E-state index contributed by atoms with van der Waals surface area (Å²) in [4.78, 5) is 5.09. The first kappa shape index (κ1) is 26.4. The molecule has 7 rings (SSSR count). The smallest absolute Gasteiger partial charge is 0.0273 e. The van der Waals surface area contributed by atoms with Crippen molar-refractivity contribution in [2.24, 2.45) is 35.5 Å². The average Bonchev–Trinajstić information content (AvgIpc) is 3.59. The van der Waals surface area contributed by atoms with E-state index in [1.54, 1.807) is 9.81 Å². The Morgan fingerprint density at radius 1 is 0.800 bits per heavy atom. The van der Waals surface area contributed by atoms with Crippen LogP contribution >= 0.6 is 35.3 Å². The van der Waals surface area contributed by atoms with Crippen molar-refractivity contribution >= 4 is 43.4 Å². The summed E-state index contributed by atoms with van der Waals surface area (Å²) < 4.78 is 0. The van der Waals surface area contributed by atoms with Crippen LogP contribution in [-0.2, 0) is 21.1 Å². The fraction of sp³-hybridized carbons (Fsp3) is 0.767. The van der Waals surface area contributed by atoms with Crippen LogP contribution in [0, 0.1) is 41.9 Å². The van der Waals surface area contributed by atoms with E-state index in [4.69, 9.17) is 0 Å². The first-order valence-corrected chi connectivity index (χ1v) is 20.1. The van der Waals surface area contributed by atoms with Crippen LogP contribution in [0.3, 0.4) is 0 Å². The third-order valence-electron chi connectivity index (χ3n) is 11.2. The van der Waals surface area contributed by atoms with Crippen LogP contribution in [0.5, 0.6) is 0 Å². The number of fused-ring (bicyclic) bond motifs is 5. The molecule has 0 aromatic rings. The van der Waals surface area contributed by atoms with Crippen LogP contribution in [0.15, 0.2) is 32.9 Å². The molecule has 3 heterocycles. The van der Waals surface area contributed by atoms with Crippen molar-refractivity contribution in [3.8, 4) is 0 Å². The van der Waals surface area contributed by atoms with E-state index < -0.39 is 8.07 Å². The summed E-state index contributed by atoms with van der Waals surface area (Å²) in [5.41, 5.74) is 1.91. The number of hydrogen-bond donors (Lipinski definition) is 0. The molecule has 4 aliphatic carbocycles. The first-order chi connectivity index (χ1) is 16.4. The molecule has 0 nitrogen and oxygen atoms in total. The zero-order valence-electron chi connectivity index (χ0n) is 22.0. The van der Waals surface area contributed by atoms with Gasteiger partial charge in [-0.2, -0.15) is 12.0 Å². The van der Waals surface area contributed by atoms with E-state index in [1.165, 1.54) is 51.4 Å². The second-order valence-electron chi connectivity index (χ2n) is 13.3. The standard InChI is InChI=1S/C30H43S3Si.W/c1-17-14-23-24-15-18(2)32-29(24)30(28(23)31-17)34(3,4)27-13-12-20-21(9-7-10-22(20)27)26-16-19-8-5-6-11-25(19)33-26;/h13-16,19-25,27-30H,5-12H2,1-4H3;/q-1;. The molecular formula is C30H43S3SiW-. The zero-order valence-corrected chi connectivity index (χ0v) is 28.3. The molecule has 4 saturated carbocycles. The summed E-state index contributed by atoms with van der Waals surface area (Å²) in [6.07, 6.45) is 22.9. The normalized spacial score (nSPS) is 48.3. The summed E-state index contributed by atoms with van der Waals surface area (Å²) in [6, 6.07) is 0. The van der Waals surface area contributed by atoms with E-state index in [1.807, 2.05) is 4.91 Å². The number of thioether (sulfide) groups is 3. The summed E-state index contributed by atoms with van der Waals surface area (Å²) in [5, 5.41) is 2.68. The van der Waals surface area contributed by atoms with E-state index in [0.717, 1.165) is 62.3 Å². The molecule has 10 unspecified atom stereocenters. The van der Waals surface area contributed by atoms with Crippen molar-refractivity contribution in [3.05, 3.63) is 39.4 Å². The molecule has 0 aromatic carbocycles. The Kier molecular flexibility index (Phi) is 7.52. The van der Waals surface area contributed by atoms with Gasteiger partial charge in [-0.15, -0.1) is 35.3 Å². The summed E-state index contributed by atoms with van der Waals surface area (Å²) >= 11 is 6.90. The summed E-state index contributed by atoms with van der Waals surface area (Å²) in [6.45, 7) is 10.4. The molecule has 10 atom stereocenters. The first-order valence-electron chi connectivity index (χ1n) is 14.3. The van der Waals surface area contributed by atoms with Crippen LogP contribution in [-0.4, -0.2) is 23.8 Å². The van der Waals surface area contributed by atoms with Crippen LogP contribution in [0.25, 0.3) is 0 Å². The monoisotopic (exact) mass is 711 g/mol. The third-order valence-corrected chi connectivity index (χ3v) is 20.8. The maximum atomic E-state index is 2.93. The van der Waals surface area contributed by atoms with Gasteiger partial charge >= 0.3 is 0 Å². The predicted octanol–water partition coefficient (Wildman–Crippen LogP) is 9.55. The Morgan fingerprint density at radius 3 is 2.17 bits per heavy atom. The van der Waals surface area contributed by atoms with Crippen molar-refractivity contribution in [2.45, 2.75) is 105 Å². The Balaban J connectivity index is 0.00000229. The Bertz CT molecular complexity index is 908. The van der Waals surface area contributed by atoms with Crippen molar-refractivity contribution in [2.75, 3.05) is 0 Å². The average molecular weight is 712 g/mol. The molecule has 0 spiro atoms. The Morgan fingerprint density at radius 2 is 1.49 bits per heavy atom. The van der Waals surface area contributed by atoms with Crippen molar-refractivity contribution < 1.29 is 21.1 Å². The van der Waals surface area contributed by atoms with Gasteiger partial charge in [-0.1, -0.05) is 68.8 Å². The molecule has 0 aromatic heterocycles. The van der Waals surface area contributed by atoms with Gasteiger partial charge in [0.2, 0.25) is 0 Å². The van der Waals surface area contributed by atoms with E-state index in [9.17, 15) is 0 Å². The van der Waals surface area contributed by atoms with Gasteiger partial charge in [0.15, 0.2) is 0 Å². The molecule has 35 heavy (non-hydrogen) atoms. The maximum Gasteiger partial charge on any atom is 0.0273 e. The minimum Gasteiger partial charge on any atom is -0.327 e. The fourth-order valence-electron chi connectivity index (χ4n) is 9.81. The van der Waals surface area contributed by atoms with Gasteiger partial charge in [0.1, 0.15) is 0 Å². The minimum atomic E-state index is -1.47. The molecule has 7 aliphatic rings. The summed E-state index contributed by atoms with van der Waals surface area (Å²) in [7, 11) is -1.47. The largest absolute Gasteiger partial charge is 0.327 e. The van der Waals surface area contributed by atoms with Crippen LogP contribution in [0.1, 0.15) is 65.2 Å². The summed E-state index contributed by atoms with van der Waals surface area (Å²) in [5.74, 6) is 5.40. The maximum absolute atomic E-state index is 2.93. The molecule has 3 aliphatic heterocycles. The van der Waals surface area contributed by atoms with Gasteiger partial charge in [-0.05, 0) is 77.0 Å². The SMILES string of the molecule is CC1=CC2C3C=C(C)SC3C([Si](C)(C)C3[CH-]CC4C(C5=CC6CCCCC6S5)CCCC43)C2S1.[W]. The van der Waals surface area contributed by atoms with E-state index in [0.29, 0.717) is 0 Å². The molecule has 0 radical (unpaired) electrons. The van der Waals surface area contributed by atoms with Crippen molar-refractivity contribution in [1.29, 1.82) is 0 Å². The Labute approximate surface area is 242 Å². The van der Waals surface area contributed by atoms with Gasteiger partial charge in [-0.25, -0.2) is 0 Å². The predicted molar refractivity (Wildman–Crippen MR) is 157 cm³/mol. The fourth-order valence-corrected chi connectivity index (χ4v) is 21.8. The number of hydrogen-bond acceptors (Lipinski definition) is 3. The van der Waals surface area contributed by atoms with E-state index in [2.05, 4.69) is 86.9 Å². The second-order valence-corrected chi connectivity index (χ2v) is 22.4. The molecule has 192 valence electrons. The van der Waals surface area contributed by atoms with Gasteiger partial charge in [0.25, 0.3) is 0 Å². The molecule has 4 fully saturated rings. The van der Waals surface area contributed by atoms with Crippen molar-refractivity contribution in [1.82, 2.24) is 0 Å². The van der Waals surface area contributed by atoms with Crippen LogP contribution in [0.4, 0.5) is 0 Å². The molecule has 0 bridgehead atoms. The molecule has 0 amide bonds. The van der Waals surface area contributed by atoms with Crippen LogP contribution < -0.4 is 0 Å². The molecular weight excluding hydrogens is 668 g/mol. The van der Waals surface area contributed by atoms with Crippen molar-refractivity contribution in [3.63, 3.8) is 0 Å². The molecule has 0 N–H and O–H groups in total. The van der Waals surface area contributed by atoms with Gasteiger partial charge < -0.3 is 6.42 Å². The number of rotatable bonds is 3. The second kappa shape index (κ2) is 9.98. The topological polar surface area (TPSA) is 0 Å². The Hall–Kier alpha value is 1.18. The quantitative estimate of drug-likeness (QED) is 0.212.